The van der Waals surface area contributed by atoms with Gasteiger partial charge in [0.05, 0.1) is 58.5 Å². The number of carbonyl (C=O) groups excluding carboxylic acids is 2. The van der Waals surface area contributed by atoms with E-state index in [0.29, 0.717) is 42.4 Å². The molecule has 4 heterocycles. The number of amides is 2. The molecule has 0 aliphatic carbocycles. The Morgan fingerprint density at radius 1 is 1.23 bits per heavy atom. The van der Waals surface area contributed by atoms with E-state index in [1.165, 1.54) is 33.8 Å². The average Bonchev–Trinajstić information content (AvgIpc) is 3.27. The predicted octanol–water partition coefficient (Wildman–Crippen LogP) is 2.77. The zero-order valence-corrected chi connectivity index (χ0v) is 23.0. The monoisotopic (exact) mass is 585 g/mol. The smallest absolute Gasteiger partial charge is 0.263 e. The van der Waals surface area contributed by atoms with E-state index in [0.717, 1.165) is 0 Å². The number of ether oxygens (including phenoxy) is 1. The molecule has 4 aromatic rings. The van der Waals surface area contributed by atoms with E-state index in [-0.39, 0.29) is 44.8 Å². The fourth-order valence-corrected chi connectivity index (χ4v) is 5.01. The summed E-state index contributed by atoms with van der Waals surface area (Å²) in [6.45, 7) is 3.59. The third-order valence-electron chi connectivity index (χ3n) is 6.67. The molecule has 0 spiro atoms. The summed E-state index contributed by atoms with van der Waals surface area (Å²) >= 11 is 12.5. The molecule has 4 N–H and O–H groups in total. The zero-order valence-electron chi connectivity index (χ0n) is 21.5. The van der Waals surface area contributed by atoms with Gasteiger partial charge < -0.3 is 34.9 Å². The summed E-state index contributed by atoms with van der Waals surface area (Å²) in [6, 6.07) is 4.55. The molecule has 0 saturated carbocycles. The van der Waals surface area contributed by atoms with Crippen molar-refractivity contribution in [1.29, 1.82) is 0 Å². The number of nitrogens with two attached hydrogens (primary N) is 1. The van der Waals surface area contributed by atoms with E-state index in [4.69, 9.17) is 33.7 Å². The van der Waals surface area contributed by atoms with Gasteiger partial charge in [0.2, 0.25) is 5.91 Å². The molecule has 1 saturated heterocycles. The first kappa shape index (κ1) is 27.4. The maximum absolute atomic E-state index is 13.2. The van der Waals surface area contributed by atoms with Crippen LogP contribution in [0.4, 0.5) is 11.5 Å². The van der Waals surface area contributed by atoms with E-state index in [9.17, 15) is 19.5 Å². The number of hydrogen-bond acceptors (Lipinski definition) is 8. The minimum Gasteiger partial charge on any atom is -0.506 e. The first-order valence-electron chi connectivity index (χ1n) is 12.2. The summed E-state index contributed by atoms with van der Waals surface area (Å²) in [5, 5.41) is 13.3. The van der Waals surface area contributed by atoms with Crippen LogP contribution in [0.1, 0.15) is 17.3 Å². The third kappa shape index (κ3) is 5.08. The zero-order chi connectivity index (χ0) is 28.7. The quantitative estimate of drug-likeness (QED) is 0.311. The van der Waals surface area contributed by atoms with Crippen molar-refractivity contribution >= 4 is 57.6 Å². The van der Waals surface area contributed by atoms with Crippen molar-refractivity contribution in [2.75, 3.05) is 30.0 Å². The highest BCUT2D eigenvalue weighted by molar-refractivity contribution is 6.34. The lowest BCUT2D eigenvalue weighted by Gasteiger charge is -2.34. The first-order valence-corrected chi connectivity index (χ1v) is 13.0. The highest BCUT2D eigenvalue weighted by Crippen LogP contribution is 2.36. The van der Waals surface area contributed by atoms with Crippen LogP contribution in [0.25, 0.3) is 22.2 Å². The number of fused-ring (bicyclic) bond motifs is 1. The van der Waals surface area contributed by atoms with Gasteiger partial charge >= 0.3 is 0 Å². The Morgan fingerprint density at radius 3 is 2.73 bits per heavy atom. The number of anilines is 2. The standard InChI is InChI=1S/C26H25Cl2N7O5/c1-13-11-40-4-3-35(13)20-7-19(18(28)8-30-20)32-21(36)10-34-9-16(22-25(34)31-12-33(2)26(22)39)14-5-15(24(29)38)23(37)17(27)6-14/h5-9,12-13,37H,3-4,10-11H2,1-2H3,(H2,29,38)(H,30,32,36). The number of aryl methyl sites for hydroxylation is 1. The minimum atomic E-state index is -0.893. The van der Waals surface area contributed by atoms with E-state index in [1.807, 2.05) is 6.92 Å². The van der Waals surface area contributed by atoms with Gasteiger partial charge in [0, 0.05) is 31.4 Å². The van der Waals surface area contributed by atoms with Crippen LogP contribution >= 0.6 is 23.2 Å². The molecular formula is C26H25Cl2N7O5. The molecule has 1 aliphatic rings. The molecular weight excluding hydrogens is 561 g/mol. The van der Waals surface area contributed by atoms with Gasteiger partial charge in [0.25, 0.3) is 11.5 Å². The second-order valence-corrected chi connectivity index (χ2v) is 10.3. The Labute approximate surface area is 237 Å². The Bertz CT molecular complexity index is 1720. The van der Waals surface area contributed by atoms with Crippen molar-refractivity contribution < 1.29 is 19.4 Å². The Balaban J connectivity index is 1.50. The highest BCUT2D eigenvalue weighted by Gasteiger charge is 2.23. The van der Waals surface area contributed by atoms with Gasteiger partial charge in [-0.1, -0.05) is 23.2 Å². The Kier molecular flexibility index (Phi) is 7.41. The van der Waals surface area contributed by atoms with Crippen LogP contribution in [0.5, 0.6) is 5.75 Å². The second kappa shape index (κ2) is 10.8. The summed E-state index contributed by atoms with van der Waals surface area (Å²) in [6.07, 6.45) is 4.38. The van der Waals surface area contributed by atoms with Crippen molar-refractivity contribution in [3.63, 3.8) is 0 Å². The molecule has 2 amide bonds. The lowest BCUT2D eigenvalue weighted by molar-refractivity contribution is -0.116. The van der Waals surface area contributed by atoms with Gasteiger partial charge in [0.15, 0.2) is 0 Å². The highest BCUT2D eigenvalue weighted by atomic mass is 35.5. The van der Waals surface area contributed by atoms with Gasteiger partial charge in [-0.05, 0) is 24.6 Å². The van der Waals surface area contributed by atoms with Crippen molar-refractivity contribution in [1.82, 2.24) is 19.1 Å². The van der Waals surface area contributed by atoms with Crippen molar-refractivity contribution in [3.05, 3.63) is 62.9 Å². The van der Waals surface area contributed by atoms with E-state index in [1.54, 1.807) is 19.3 Å². The van der Waals surface area contributed by atoms with Crippen LogP contribution in [-0.4, -0.2) is 61.8 Å². The molecule has 3 aromatic heterocycles. The summed E-state index contributed by atoms with van der Waals surface area (Å²) in [4.78, 5) is 49.1. The summed E-state index contributed by atoms with van der Waals surface area (Å²) in [5.74, 6) is -1.13. The molecule has 1 unspecified atom stereocenters. The summed E-state index contributed by atoms with van der Waals surface area (Å²) in [7, 11) is 1.54. The fraction of sp³-hybridized carbons (Fsp3) is 0.269. The van der Waals surface area contributed by atoms with Gasteiger partial charge in [-0.3, -0.25) is 14.4 Å². The largest absolute Gasteiger partial charge is 0.506 e. The molecule has 40 heavy (non-hydrogen) atoms. The first-order chi connectivity index (χ1) is 19.0. The Hall–Kier alpha value is -4.13. The van der Waals surface area contributed by atoms with Gasteiger partial charge in [-0.15, -0.1) is 0 Å². The van der Waals surface area contributed by atoms with E-state index in [2.05, 4.69) is 20.2 Å². The maximum Gasteiger partial charge on any atom is 0.263 e. The lowest BCUT2D eigenvalue weighted by atomic mass is 10.0. The average molecular weight is 586 g/mol. The van der Waals surface area contributed by atoms with Crippen molar-refractivity contribution in [2.24, 2.45) is 12.8 Å². The van der Waals surface area contributed by atoms with Crippen LogP contribution in [0, 0.1) is 0 Å². The van der Waals surface area contributed by atoms with Gasteiger partial charge in [0.1, 0.15) is 23.8 Å². The molecule has 1 atom stereocenters. The number of phenols is 1. The van der Waals surface area contributed by atoms with Crippen LogP contribution < -0.4 is 21.5 Å². The van der Waals surface area contributed by atoms with Crippen molar-refractivity contribution in [3.8, 4) is 16.9 Å². The fourth-order valence-electron chi connectivity index (χ4n) is 4.64. The summed E-state index contributed by atoms with van der Waals surface area (Å²) in [5.41, 5.74) is 6.12. The predicted molar refractivity (Wildman–Crippen MR) is 151 cm³/mol. The molecule has 12 nitrogen and oxygen atoms in total. The van der Waals surface area contributed by atoms with Gasteiger partial charge in [-0.2, -0.15) is 0 Å². The molecule has 1 aliphatic heterocycles. The topological polar surface area (TPSA) is 158 Å². The SMILES string of the molecule is CC1COCCN1c1cc(NC(=O)Cn2cc(-c3cc(Cl)c(O)c(C(N)=O)c3)c3c(=O)n(C)cnc32)c(Cl)cn1. The molecule has 14 heteroatoms. The number of nitrogens with one attached hydrogen (secondary N) is 1. The molecule has 1 aromatic carbocycles. The van der Waals surface area contributed by atoms with Gasteiger partial charge in [-0.25, -0.2) is 9.97 Å². The number of morpholine rings is 1. The summed E-state index contributed by atoms with van der Waals surface area (Å²) < 4.78 is 8.29. The minimum absolute atomic E-state index is 0.104. The third-order valence-corrected chi connectivity index (χ3v) is 7.26. The number of benzene rings is 1. The van der Waals surface area contributed by atoms with E-state index >= 15 is 0 Å². The second-order valence-electron chi connectivity index (χ2n) is 9.44. The number of aromatic hydroxyl groups is 1. The number of nitrogens with zero attached hydrogens (tertiary/aromatic N) is 5. The molecule has 0 bridgehead atoms. The number of carbonyl (C=O) groups is 2. The normalized spacial score (nSPS) is 15.4. The molecule has 208 valence electrons. The van der Waals surface area contributed by atoms with Crippen LogP contribution in [0.15, 0.2) is 41.7 Å². The number of pyridine rings is 1. The lowest BCUT2D eigenvalue weighted by Crippen LogP contribution is -2.44. The number of rotatable bonds is 6. The van der Waals surface area contributed by atoms with Crippen LogP contribution in [0.3, 0.4) is 0 Å². The number of halogens is 2. The number of primary amides is 1. The maximum atomic E-state index is 13.2. The number of aromatic nitrogens is 4. The molecule has 1 fully saturated rings. The Morgan fingerprint density at radius 2 is 2.00 bits per heavy atom. The van der Waals surface area contributed by atoms with Crippen LogP contribution in [-0.2, 0) is 23.1 Å². The number of hydrogen-bond donors (Lipinski definition) is 3. The van der Waals surface area contributed by atoms with Crippen molar-refractivity contribution in [2.45, 2.75) is 19.5 Å². The van der Waals surface area contributed by atoms with Crippen LogP contribution in [0.2, 0.25) is 10.0 Å². The molecule has 5 rings (SSSR count). The van der Waals surface area contributed by atoms with E-state index < -0.39 is 17.6 Å². The molecule has 0 radical (unpaired) electrons.